The smallest absolute Gasteiger partial charge is 0.419 e. The molecule has 0 unspecified atom stereocenters. The first-order valence-corrected chi connectivity index (χ1v) is 10.4. The Morgan fingerprint density at radius 2 is 1.84 bits per heavy atom. The Morgan fingerprint density at radius 1 is 1.03 bits per heavy atom. The van der Waals surface area contributed by atoms with Gasteiger partial charge in [-0.15, -0.1) is 0 Å². The fourth-order valence-corrected chi connectivity index (χ4v) is 4.36. The number of nitrogens with zero attached hydrogens (tertiary/aromatic N) is 3. The van der Waals surface area contributed by atoms with Crippen LogP contribution in [0.1, 0.15) is 12.0 Å². The van der Waals surface area contributed by atoms with Crippen molar-refractivity contribution in [2.24, 2.45) is 7.05 Å². The minimum Gasteiger partial charge on any atom is -0.464 e. The van der Waals surface area contributed by atoms with E-state index in [1.54, 1.807) is 19.4 Å². The van der Waals surface area contributed by atoms with Gasteiger partial charge in [0.25, 0.3) is 0 Å². The zero-order valence-corrected chi connectivity index (χ0v) is 17.2. The van der Waals surface area contributed by atoms with Crippen LogP contribution >= 0.6 is 0 Å². The van der Waals surface area contributed by atoms with E-state index in [0.717, 1.165) is 56.5 Å². The SMILES string of the molecule is Cn1c(=O)oc2c(N3CCN(CCCc4coc5ccc(F)cc45)CC3)cc(F)cc21. The van der Waals surface area contributed by atoms with Crippen molar-refractivity contribution >= 4 is 27.8 Å². The highest BCUT2D eigenvalue weighted by molar-refractivity contribution is 5.87. The lowest BCUT2D eigenvalue weighted by Gasteiger charge is -2.36. The van der Waals surface area contributed by atoms with Crippen LogP contribution in [0.25, 0.3) is 22.1 Å². The molecular weight excluding hydrogens is 404 g/mol. The van der Waals surface area contributed by atoms with Gasteiger partial charge in [-0.1, -0.05) is 0 Å². The molecule has 5 rings (SSSR count). The second-order valence-electron chi connectivity index (χ2n) is 8.03. The zero-order valence-electron chi connectivity index (χ0n) is 17.2. The van der Waals surface area contributed by atoms with Gasteiger partial charge in [0.15, 0.2) is 5.58 Å². The van der Waals surface area contributed by atoms with Crippen molar-refractivity contribution in [3.05, 3.63) is 64.3 Å². The number of benzene rings is 2. The molecule has 0 amide bonds. The number of furan rings is 1. The van der Waals surface area contributed by atoms with Crippen LogP contribution in [0.3, 0.4) is 0 Å². The van der Waals surface area contributed by atoms with Crippen molar-refractivity contribution < 1.29 is 17.6 Å². The Labute approximate surface area is 177 Å². The molecule has 4 aromatic rings. The van der Waals surface area contributed by atoms with Gasteiger partial charge >= 0.3 is 5.76 Å². The van der Waals surface area contributed by atoms with Crippen LogP contribution in [0.4, 0.5) is 14.5 Å². The average molecular weight is 427 g/mol. The topological polar surface area (TPSA) is 54.8 Å². The first-order valence-electron chi connectivity index (χ1n) is 10.4. The van der Waals surface area contributed by atoms with E-state index < -0.39 is 5.76 Å². The van der Waals surface area contributed by atoms with E-state index >= 15 is 0 Å². The summed E-state index contributed by atoms with van der Waals surface area (Å²) in [6.07, 6.45) is 3.46. The summed E-state index contributed by atoms with van der Waals surface area (Å²) in [4.78, 5) is 16.3. The standard InChI is InChI=1S/C23H23F2N3O3/c1-26-19-12-17(25)13-20(22(19)31-23(26)29)28-9-7-27(8-10-28)6-2-3-15-14-30-21-5-4-16(24)11-18(15)21/h4-5,11-14H,2-3,6-10H2,1H3. The lowest BCUT2D eigenvalue weighted by Crippen LogP contribution is -2.46. The summed E-state index contributed by atoms with van der Waals surface area (Å²) < 4.78 is 39.9. The molecule has 2 aromatic heterocycles. The van der Waals surface area contributed by atoms with Crippen molar-refractivity contribution in [2.45, 2.75) is 12.8 Å². The first-order chi connectivity index (χ1) is 15.0. The van der Waals surface area contributed by atoms with Gasteiger partial charge in [-0.3, -0.25) is 9.47 Å². The molecule has 0 aliphatic carbocycles. The molecule has 0 spiro atoms. The Kier molecular flexibility index (Phi) is 5.02. The number of rotatable bonds is 5. The molecule has 6 nitrogen and oxygen atoms in total. The fraction of sp³-hybridized carbons (Fsp3) is 0.348. The highest BCUT2D eigenvalue weighted by Gasteiger charge is 2.22. The molecule has 0 saturated carbocycles. The van der Waals surface area contributed by atoms with E-state index in [-0.39, 0.29) is 11.6 Å². The maximum atomic E-state index is 14.1. The highest BCUT2D eigenvalue weighted by atomic mass is 19.1. The predicted molar refractivity (Wildman–Crippen MR) is 115 cm³/mol. The molecule has 1 aliphatic heterocycles. The number of halogens is 2. The summed E-state index contributed by atoms with van der Waals surface area (Å²) in [6, 6.07) is 7.35. The van der Waals surface area contributed by atoms with Crippen molar-refractivity contribution in [1.82, 2.24) is 9.47 Å². The molecule has 1 fully saturated rings. The van der Waals surface area contributed by atoms with Crippen LogP contribution in [-0.2, 0) is 13.5 Å². The summed E-state index contributed by atoms with van der Waals surface area (Å²) in [5, 5.41) is 0.837. The molecule has 162 valence electrons. The number of piperazine rings is 1. The zero-order chi connectivity index (χ0) is 21.5. The van der Waals surface area contributed by atoms with Gasteiger partial charge in [-0.05, 0) is 43.1 Å². The number of fused-ring (bicyclic) bond motifs is 2. The van der Waals surface area contributed by atoms with Gasteiger partial charge in [0.05, 0.1) is 17.5 Å². The van der Waals surface area contributed by atoms with Crippen LogP contribution in [0.15, 0.2) is 50.2 Å². The molecule has 1 saturated heterocycles. The number of anilines is 1. The van der Waals surface area contributed by atoms with Crippen LogP contribution in [0.5, 0.6) is 0 Å². The van der Waals surface area contributed by atoms with E-state index in [9.17, 15) is 13.6 Å². The predicted octanol–water partition coefficient (Wildman–Crippen LogP) is 3.91. The summed E-state index contributed by atoms with van der Waals surface area (Å²) in [5.74, 6) is -1.13. The van der Waals surface area contributed by atoms with Gasteiger partial charge in [0, 0.05) is 50.7 Å². The number of aryl methyl sites for hydroxylation is 2. The van der Waals surface area contributed by atoms with Crippen LogP contribution in [0, 0.1) is 11.6 Å². The monoisotopic (exact) mass is 427 g/mol. The van der Waals surface area contributed by atoms with Crippen molar-refractivity contribution in [2.75, 3.05) is 37.6 Å². The van der Waals surface area contributed by atoms with Crippen molar-refractivity contribution in [3.63, 3.8) is 0 Å². The molecule has 1 aliphatic rings. The van der Waals surface area contributed by atoms with Crippen LogP contribution in [-0.4, -0.2) is 42.2 Å². The van der Waals surface area contributed by atoms with Crippen LogP contribution in [0.2, 0.25) is 0 Å². The van der Waals surface area contributed by atoms with Gasteiger partial charge in [0.1, 0.15) is 17.2 Å². The third-order valence-electron chi connectivity index (χ3n) is 6.09. The second-order valence-corrected chi connectivity index (χ2v) is 8.03. The minimum absolute atomic E-state index is 0.257. The molecule has 8 heteroatoms. The Morgan fingerprint density at radius 3 is 2.65 bits per heavy atom. The average Bonchev–Trinajstić information content (AvgIpc) is 3.29. The fourth-order valence-electron chi connectivity index (χ4n) is 4.36. The maximum absolute atomic E-state index is 14.1. The molecule has 0 bridgehead atoms. The molecule has 0 atom stereocenters. The van der Waals surface area contributed by atoms with Crippen molar-refractivity contribution in [1.29, 1.82) is 0 Å². The molecule has 31 heavy (non-hydrogen) atoms. The Balaban J connectivity index is 1.21. The lowest BCUT2D eigenvalue weighted by molar-refractivity contribution is 0.255. The van der Waals surface area contributed by atoms with Gasteiger partial charge < -0.3 is 13.7 Å². The highest BCUT2D eigenvalue weighted by Crippen LogP contribution is 2.29. The van der Waals surface area contributed by atoms with E-state index in [0.29, 0.717) is 22.4 Å². The molecule has 2 aromatic carbocycles. The molecule has 0 N–H and O–H groups in total. The summed E-state index contributed by atoms with van der Waals surface area (Å²) in [7, 11) is 1.58. The van der Waals surface area contributed by atoms with Gasteiger partial charge in [-0.2, -0.15) is 0 Å². The number of hydrogen-bond acceptors (Lipinski definition) is 5. The summed E-state index contributed by atoms with van der Waals surface area (Å²) in [6.45, 7) is 4.01. The van der Waals surface area contributed by atoms with E-state index in [4.69, 9.17) is 8.83 Å². The quantitative estimate of drug-likeness (QED) is 0.483. The normalized spacial score (nSPS) is 15.4. The third kappa shape index (κ3) is 3.72. The van der Waals surface area contributed by atoms with Gasteiger partial charge in [0.2, 0.25) is 0 Å². The first kappa shape index (κ1) is 19.8. The van der Waals surface area contributed by atoms with E-state index in [1.165, 1.54) is 28.8 Å². The summed E-state index contributed by atoms with van der Waals surface area (Å²) in [5.41, 5.74) is 3.25. The second kappa shape index (κ2) is 7.85. The van der Waals surface area contributed by atoms with E-state index in [2.05, 4.69) is 9.80 Å². The maximum Gasteiger partial charge on any atom is 0.419 e. The van der Waals surface area contributed by atoms with Crippen LogP contribution < -0.4 is 10.7 Å². The molecule has 0 radical (unpaired) electrons. The number of oxazole rings is 1. The largest absolute Gasteiger partial charge is 0.464 e. The molecular formula is C23H23F2N3O3. The third-order valence-corrected chi connectivity index (χ3v) is 6.09. The van der Waals surface area contributed by atoms with Gasteiger partial charge in [-0.25, -0.2) is 13.6 Å². The minimum atomic E-state index is -0.493. The number of hydrogen-bond donors (Lipinski definition) is 0. The number of aromatic nitrogens is 1. The summed E-state index contributed by atoms with van der Waals surface area (Å²) >= 11 is 0. The van der Waals surface area contributed by atoms with Crippen molar-refractivity contribution in [3.8, 4) is 0 Å². The molecule has 3 heterocycles. The Bertz CT molecular complexity index is 1300. The lowest BCUT2D eigenvalue weighted by atomic mass is 10.1. The Hall–Kier alpha value is -3.13. The van der Waals surface area contributed by atoms with E-state index in [1.807, 2.05) is 0 Å².